The minimum Gasteiger partial charge on any atom is -0.320 e. The molecule has 0 bridgehead atoms. The van der Waals surface area contributed by atoms with E-state index in [1.165, 1.54) is 23.5 Å². The third-order valence-corrected chi connectivity index (χ3v) is 5.25. The number of nitrogens with one attached hydrogen (secondary N) is 1. The van der Waals surface area contributed by atoms with Crippen molar-refractivity contribution in [2.45, 2.75) is 13.3 Å². The molecule has 0 aliphatic rings. The van der Waals surface area contributed by atoms with Crippen LogP contribution in [0.2, 0.25) is 0 Å². The predicted octanol–water partition coefficient (Wildman–Crippen LogP) is 4.01. The summed E-state index contributed by atoms with van der Waals surface area (Å²) in [4.78, 5) is 26.0. The second kappa shape index (κ2) is 7.69. The van der Waals surface area contributed by atoms with Gasteiger partial charge in [0.1, 0.15) is 22.8 Å². The zero-order valence-corrected chi connectivity index (χ0v) is 15.8. The van der Waals surface area contributed by atoms with Gasteiger partial charge in [-0.2, -0.15) is 0 Å². The van der Waals surface area contributed by atoms with E-state index in [0.29, 0.717) is 28.5 Å². The Morgan fingerprint density at radius 3 is 2.71 bits per heavy atom. The Morgan fingerprint density at radius 2 is 2.04 bits per heavy atom. The fourth-order valence-corrected chi connectivity index (χ4v) is 3.70. The molecule has 4 aromatic rings. The van der Waals surface area contributed by atoms with Crippen LogP contribution in [0, 0.1) is 12.7 Å². The summed E-state index contributed by atoms with van der Waals surface area (Å²) >= 11 is 1.34. The molecule has 0 aliphatic heterocycles. The predicted molar refractivity (Wildman–Crippen MR) is 105 cm³/mol. The third-order valence-electron chi connectivity index (χ3n) is 4.09. The van der Waals surface area contributed by atoms with Crippen LogP contribution in [-0.2, 0) is 6.42 Å². The number of carbonyl (C=O) groups excluding carboxylic acids is 1. The lowest BCUT2D eigenvalue weighted by molar-refractivity contribution is 0.102. The smallest absolute Gasteiger partial charge is 0.267 e. The molecule has 0 atom stereocenters. The Labute approximate surface area is 164 Å². The Balaban J connectivity index is 1.46. The van der Waals surface area contributed by atoms with Gasteiger partial charge in [0, 0.05) is 18.8 Å². The van der Waals surface area contributed by atoms with Gasteiger partial charge in [0.2, 0.25) is 0 Å². The molecule has 0 saturated heterocycles. The molecule has 6 nitrogen and oxygen atoms in total. The third kappa shape index (κ3) is 3.96. The highest BCUT2D eigenvalue weighted by Crippen LogP contribution is 2.22. The first-order valence-electron chi connectivity index (χ1n) is 8.55. The van der Waals surface area contributed by atoms with Crippen LogP contribution in [0.1, 0.15) is 25.9 Å². The van der Waals surface area contributed by atoms with Crippen LogP contribution in [-0.4, -0.2) is 25.4 Å². The molecule has 28 heavy (non-hydrogen) atoms. The van der Waals surface area contributed by atoms with E-state index >= 15 is 0 Å². The number of hydrogen-bond acceptors (Lipinski definition) is 5. The van der Waals surface area contributed by atoms with Crippen molar-refractivity contribution in [1.82, 2.24) is 19.5 Å². The van der Waals surface area contributed by atoms with Gasteiger partial charge in [-0.05, 0) is 36.8 Å². The average Bonchev–Trinajstić information content (AvgIpc) is 3.34. The van der Waals surface area contributed by atoms with Crippen molar-refractivity contribution in [3.05, 3.63) is 88.3 Å². The van der Waals surface area contributed by atoms with Crippen molar-refractivity contribution < 1.29 is 9.18 Å². The van der Waals surface area contributed by atoms with Crippen molar-refractivity contribution >= 4 is 22.9 Å². The van der Waals surface area contributed by atoms with Crippen molar-refractivity contribution in [1.29, 1.82) is 0 Å². The maximum absolute atomic E-state index is 13.0. The number of anilines is 1. The zero-order valence-electron chi connectivity index (χ0n) is 15.0. The molecule has 0 saturated carbocycles. The molecular weight excluding hydrogens is 377 g/mol. The second-order valence-electron chi connectivity index (χ2n) is 6.15. The van der Waals surface area contributed by atoms with Crippen LogP contribution < -0.4 is 5.32 Å². The summed E-state index contributed by atoms with van der Waals surface area (Å²) in [6, 6.07) is 9.87. The number of carbonyl (C=O) groups is 1. The largest absolute Gasteiger partial charge is 0.320 e. The number of aryl methyl sites for hydroxylation is 1. The van der Waals surface area contributed by atoms with E-state index in [1.807, 2.05) is 0 Å². The molecule has 0 radical (unpaired) electrons. The number of thiazole rings is 1. The van der Waals surface area contributed by atoms with Crippen LogP contribution in [0.15, 0.2) is 61.3 Å². The Bertz CT molecular complexity index is 1090. The van der Waals surface area contributed by atoms with Gasteiger partial charge in [-0.15, -0.1) is 11.3 Å². The number of amides is 1. The molecule has 8 heteroatoms. The molecule has 1 aromatic carbocycles. The molecule has 1 N–H and O–H groups in total. The minimum atomic E-state index is -0.271. The van der Waals surface area contributed by atoms with Crippen molar-refractivity contribution in [2.24, 2.45) is 0 Å². The summed E-state index contributed by atoms with van der Waals surface area (Å²) in [5.41, 5.74) is 2.21. The van der Waals surface area contributed by atoms with Gasteiger partial charge in [-0.25, -0.2) is 19.3 Å². The van der Waals surface area contributed by atoms with Crippen LogP contribution in [0.4, 0.5) is 10.1 Å². The number of halogens is 1. The Morgan fingerprint density at radius 1 is 1.21 bits per heavy atom. The van der Waals surface area contributed by atoms with E-state index in [4.69, 9.17) is 0 Å². The molecule has 1 amide bonds. The first kappa shape index (κ1) is 18.0. The highest BCUT2D eigenvalue weighted by molar-refractivity contribution is 7.14. The molecule has 3 aromatic heterocycles. The van der Waals surface area contributed by atoms with Gasteiger partial charge in [0.05, 0.1) is 22.6 Å². The average molecular weight is 393 g/mol. The van der Waals surface area contributed by atoms with Gasteiger partial charge >= 0.3 is 0 Å². The molecule has 0 spiro atoms. The molecule has 4 rings (SSSR count). The van der Waals surface area contributed by atoms with Gasteiger partial charge in [-0.3, -0.25) is 9.36 Å². The number of nitrogens with zero attached hydrogens (tertiary/aromatic N) is 4. The van der Waals surface area contributed by atoms with E-state index in [1.54, 1.807) is 60.7 Å². The van der Waals surface area contributed by atoms with Crippen molar-refractivity contribution in [3.8, 4) is 5.82 Å². The molecule has 3 heterocycles. The van der Waals surface area contributed by atoms with Crippen LogP contribution in [0.3, 0.4) is 0 Å². The van der Waals surface area contributed by atoms with Gasteiger partial charge in [0.15, 0.2) is 0 Å². The Hall–Kier alpha value is -3.39. The highest BCUT2D eigenvalue weighted by atomic mass is 32.1. The van der Waals surface area contributed by atoms with Gasteiger partial charge < -0.3 is 5.32 Å². The number of aromatic nitrogens is 4. The second-order valence-corrected chi connectivity index (χ2v) is 7.24. The fraction of sp³-hybridized carbons (Fsp3) is 0.100. The minimum absolute atomic E-state index is 0.225. The fourth-order valence-electron chi connectivity index (χ4n) is 2.71. The maximum atomic E-state index is 13.0. The molecule has 0 aliphatic carbocycles. The van der Waals surface area contributed by atoms with Crippen LogP contribution in [0.5, 0.6) is 0 Å². The first-order chi connectivity index (χ1) is 13.6. The zero-order chi connectivity index (χ0) is 19.5. The van der Waals surface area contributed by atoms with E-state index in [9.17, 15) is 9.18 Å². The number of imidazole rings is 1. The molecule has 0 fully saturated rings. The summed E-state index contributed by atoms with van der Waals surface area (Å²) < 4.78 is 14.8. The summed E-state index contributed by atoms with van der Waals surface area (Å²) in [6.07, 6.45) is 7.28. The van der Waals surface area contributed by atoms with E-state index in [2.05, 4.69) is 20.3 Å². The van der Waals surface area contributed by atoms with Crippen LogP contribution in [0.25, 0.3) is 5.82 Å². The molecule has 0 unspecified atom stereocenters. The highest BCUT2D eigenvalue weighted by Gasteiger charge is 2.16. The lowest BCUT2D eigenvalue weighted by Gasteiger charge is -2.05. The van der Waals surface area contributed by atoms with Crippen LogP contribution >= 0.6 is 11.3 Å². The van der Waals surface area contributed by atoms with Crippen molar-refractivity contribution in [2.75, 3.05) is 5.32 Å². The molecule has 140 valence electrons. The van der Waals surface area contributed by atoms with Gasteiger partial charge in [-0.1, -0.05) is 12.1 Å². The summed E-state index contributed by atoms with van der Waals surface area (Å²) in [7, 11) is 0. The first-order valence-corrected chi connectivity index (χ1v) is 9.36. The number of pyridine rings is 1. The number of benzene rings is 1. The maximum Gasteiger partial charge on any atom is 0.267 e. The summed E-state index contributed by atoms with van der Waals surface area (Å²) in [5, 5.41) is 3.66. The quantitative estimate of drug-likeness (QED) is 0.556. The normalized spacial score (nSPS) is 10.8. The summed E-state index contributed by atoms with van der Waals surface area (Å²) in [5.74, 6) is 0.218. The van der Waals surface area contributed by atoms with E-state index < -0.39 is 0 Å². The lowest BCUT2D eigenvalue weighted by Crippen LogP contribution is -2.12. The monoisotopic (exact) mass is 393 g/mol. The number of rotatable bonds is 5. The number of hydrogen-bond donors (Lipinski definition) is 1. The Kier molecular flexibility index (Phi) is 4.94. The van der Waals surface area contributed by atoms with E-state index in [0.717, 1.165) is 10.6 Å². The standard InChI is InChI=1S/C20H16FN5OS/c1-13-19(28-18(24-13)10-14-2-4-15(21)5-3-14)20(27)25-16-6-7-17(23-11-16)26-9-8-22-12-26/h2-9,11-12H,10H2,1H3,(H,25,27). The molecular formula is C20H16FN5OS. The van der Waals surface area contributed by atoms with Gasteiger partial charge in [0.25, 0.3) is 5.91 Å². The van der Waals surface area contributed by atoms with E-state index in [-0.39, 0.29) is 11.7 Å². The summed E-state index contributed by atoms with van der Waals surface area (Å²) in [6.45, 7) is 1.81. The topological polar surface area (TPSA) is 72.7 Å². The SMILES string of the molecule is Cc1nc(Cc2ccc(F)cc2)sc1C(=O)Nc1ccc(-n2ccnc2)nc1. The lowest BCUT2D eigenvalue weighted by atomic mass is 10.1. The van der Waals surface area contributed by atoms with Crippen molar-refractivity contribution in [3.63, 3.8) is 0 Å².